The number of thiophene rings is 1. The second kappa shape index (κ2) is 12.2. The molecule has 0 radical (unpaired) electrons. The fraction of sp³-hybridized carbons (Fsp3) is 0.355. The van der Waals surface area contributed by atoms with Gasteiger partial charge in [-0.3, -0.25) is 9.78 Å². The number of nitrogens with zero attached hydrogens (tertiary/aromatic N) is 2. The van der Waals surface area contributed by atoms with Gasteiger partial charge in [-0.2, -0.15) is 0 Å². The Morgan fingerprint density at radius 1 is 1.10 bits per heavy atom. The lowest BCUT2D eigenvalue weighted by atomic mass is 9.89. The molecule has 210 valence electrons. The molecule has 1 N–H and O–H groups in total. The highest BCUT2D eigenvalue weighted by atomic mass is 35.5. The van der Waals surface area contributed by atoms with Crippen LogP contribution in [0.25, 0.3) is 21.2 Å². The molecule has 2 heterocycles. The van der Waals surface area contributed by atoms with E-state index in [1.54, 1.807) is 13.3 Å². The van der Waals surface area contributed by atoms with E-state index in [4.69, 9.17) is 16.3 Å². The lowest BCUT2D eigenvalue weighted by molar-refractivity contribution is 0.0604. The molecule has 2 aromatic heterocycles. The van der Waals surface area contributed by atoms with E-state index in [0.717, 1.165) is 78.0 Å². The van der Waals surface area contributed by atoms with E-state index < -0.39 is 11.6 Å². The normalized spacial score (nSPS) is 17.2. The third kappa shape index (κ3) is 5.57. The molecule has 1 fully saturated rings. The van der Waals surface area contributed by atoms with Crippen LogP contribution in [0.3, 0.4) is 0 Å². The summed E-state index contributed by atoms with van der Waals surface area (Å²) in [5, 5.41) is 3.25. The lowest BCUT2D eigenvalue weighted by Gasteiger charge is -2.37. The number of benzene rings is 2. The summed E-state index contributed by atoms with van der Waals surface area (Å²) < 4.78 is 35.0. The molecule has 1 aliphatic carbocycles. The highest BCUT2D eigenvalue weighted by Crippen LogP contribution is 2.40. The Kier molecular flexibility index (Phi) is 8.68. The van der Waals surface area contributed by atoms with Crippen molar-refractivity contribution < 1.29 is 18.3 Å². The Morgan fingerprint density at radius 3 is 2.50 bits per heavy atom. The molecule has 1 amide bonds. The number of carbonyl (C=O) groups is 1. The molecule has 0 atom stereocenters. The minimum atomic E-state index is -0.643. The van der Waals surface area contributed by atoms with Crippen LogP contribution in [-0.2, 0) is 13.0 Å². The number of fused-ring (bicyclic) bond motifs is 1. The predicted molar refractivity (Wildman–Crippen MR) is 157 cm³/mol. The summed E-state index contributed by atoms with van der Waals surface area (Å²) in [5.41, 5.74) is 3.85. The third-order valence-electron chi connectivity index (χ3n) is 7.82. The van der Waals surface area contributed by atoms with Crippen molar-refractivity contribution >= 4 is 38.9 Å². The number of rotatable bonds is 8. The molecule has 9 heteroatoms. The second-order valence-corrected chi connectivity index (χ2v) is 11.5. The number of aryl methyl sites for hydroxylation is 1. The number of aromatic nitrogens is 1. The van der Waals surface area contributed by atoms with Crippen molar-refractivity contribution in [3.63, 3.8) is 0 Å². The van der Waals surface area contributed by atoms with Crippen molar-refractivity contribution in [1.29, 1.82) is 0 Å². The molecule has 1 aliphatic rings. The van der Waals surface area contributed by atoms with Gasteiger partial charge in [0.15, 0.2) is 0 Å². The van der Waals surface area contributed by atoms with E-state index >= 15 is 0 Å². The van der Waals surface area contributed by atoms with Gasteiger partial charge in [-0.05, 0) is 86.7 Å². The molecule has 2 aromatic carbocycles. The van der Waals surface area contributed by atoms with E-state index in [0.29, 0.717) is 11.8 Å². The smallest absolute Gasteiger partial charge is 0.266 e. The maximum atomic E-state index is 14.6. The Hall–Kier alpha value is -3.07. The van der Waals surface area contributed by atoms with Gasteiger partial charge in [0.25, 0.3) is 5.91 Å². The number of halogens is 3. The van der Waals surface area contributed by atoms with Gasteiger partial charge in [0, 0.05) is 36.1 Å². The average molecular weight is 584 g/mol. The van der Waals surface area contributed by atoms with Crippen LogP contribution in [0.5, 0.6) is 5.75 Å². The van der Waals surface area contributed by atoms with Gasteiger partial charge in [-0.25, -0.2) is 8.78 Å². The Balaban J connectivity index is 1.56. The van der Waals surface area contributed by atoms with Crippen molar-refractivity contribution in [2.75, 3.05) is 14.2 Å². The highest BCUT2D eigenvalue weighted by Gasteiger charge is 2.33. The first-order valence-electron chi connectivity index (χ1n) is 13.5. The van der Waals surface area contributed by atoms with Gasteiger partial charge in [-0.15, -0.1) is 11.3 Å². The molecule has 40 heavy (non-hydrogen) atoms. The van der Waals surface area contributed by atoms with Crippen LogP contribution in [0.4, 0.5) is 8.78 Å². The SMILES string of the molecule is CCc1cc(-c2ccc(OC)c(CN(C(=O)c3sc4c(F)ccc(F)c4c3Cl)C3CCC(NC)CC3)c2)ccn1. The number of carbonyl (C=O) groups excluding carboxylic acids is 1. The maximum Gasteiger partial charge on any atom is 0.266 e. The lowest BCUT2D eigenvalue weighted by Crippen LogP contribution is -2.44. The molecule has 0 spiro atoms. The van der Waals surface area contributed by atoms with E-state index in [9.17, 15) is 13.6 Å². The highest BCUT2D eigenvalue weighted by molar-refractivity contribution is 7.21. The zero-order valence-electron chi connectivity index (χ0n) is 22.8. The molecule has 0 aliphatic heterocycles. The first-order valence-corrected chi connectivity index (χ1v) is 14.7. The van der Waals surface area contributed by atoms with Gasteiger partial charge < -0.3 is 15.0 Å². The molecule has 5 rings (SSSR count). The first-order chi connectivity index (χ1) is 19.3. The summed E-state index contributed by atoms with van der Waals surface area (Å²) in [6, 6.07) is 12.4. The number of hydrogen-bond donors (Lipinski definition) is 1. The molecular weight excluding hydrogens is 552 g/mol. The minimum absolute atomic E-state index is 0.0412. The van der Waals surface area contributed by atoms with Gasteiger partial charge in [0.05, 0.1) is 22.2 Å². The van der Waals surface area contributed by atoms with Crippen molar-refractivity contribution in [1.82, 2.24) is 15.2 Å². The standard InChI is InChI=1S/C31H32ClF2N3O2S/c1-4-21-16-19(13-14-36-21)18-5-12-26(39-3)20(15-18)17-37(23-8-6-22(35-2)7-9-23)31(38)30-28(32)27-24(33)10-11-25(34)29(27)40-30/h5,10-16,22-23,35H,4,6-9,17H2,1-3H3. The Bertz CT molecular complexity index is 1530. The minimum Gasteiger partial charge on any atom is -0.496 e. The van der Waals surface area contributed by atoms with Gasteiger partial charge >= 0.3 is 0 Å². The largest absolute Gasteiger partial charge is 0.496 e. The third-order valence-corrected chi connectivity index (χ3v) is 9.49. The van der Waals surface area contributed by atoms with Crippen LogP contribution in [-0.4, -0.2) is 42.0 Å². The summed E-state index contributed by atoms with van der Waals surface area (Å²) in [6.07, 6.45) is 6.06. The fourth-order valence-electron chi connectivity index (χ4n) is 5.53. The van der Waals surface area contributed by atoms with Crippen molar-refractivity contribution in [3.8, 4) is 16.9 Å². The topological polar surface area (TPSA) is 54.5 Å². The molecule has 0 saturated heterocycles. The van der Waals surface area contributed by atoms with Crippen LogP contribution in [0.15, 0.2) is 48.7 Å². The van der Waals surface area contributed by atoms with Crippen LogP contribution >= 0.6 is 22.9 Å². The summed E-state index contributed by atoms with van der Waals surface area (Å²) in [7, 11) is 3.56. The molecule has 0 unspecified atom stereocenters. The maximum absolute atomic E-state index is 14.6. The Morgan fingerprint density at radius 2 is 1.82 bits per heavy atom. The summed E-state index contributed by atoms with van der Waals surface area (Å²) in [5.74, 6) is -0.908. The van der Waals surface area contributed by atoms with E-state index in [2.05, 4.69) is 23.3 Å². The first kappa shape index (κ1) is 28.5. The zero-order chi connectivity index (χ0) is 28.4. The zero-order valence-corrected chi connectivity index (χ0v) is 24.3. The monoisotopic (exact) mass is 583 g/mol. The van der Waals surface area contributed by atoms with Crippen LogP contribution in [0, 0.1) is 11.6 Å². The van der Waals surface area contributed by atoms with Gasteiger partial charge in [-0.1, -0.05) is 24.6 Å². The summed E-state index contributed by atoms with van der Waals surface area (Å²) in [6.45, 7) is 2.33. The molecule has 5 nitrogen and oxygen atoms in total. The number of ether oxygens (including phenoxy) is 1. The number of pyridine rings is 1. The van der Waals surface area contributed by atoms with Crippen molar-refractivity contribution in [3.05, 3.63) is 81.5 Å². The van der Waals surface area contributed by atoms with Gasteiger partial charge in [0.1, 0.15) is 22.3 Å². The van der Waals surface area contributed by atoms with Crippen molar-refractivity contribution in [2.24, 2.45) is 0 Å². The number of nitrogens with one attached hydrogen (secondary N) is 1. The van der Waals surface area contributed by atoms with Crippen LogP contribution < -0.4 is 10.1 Å². The van der Waals surface area contributed by atoms with Crippen molar-refractivity contribution in [2.45, 2.75) is 57.7 Å². The number of amides is 1. The number of hydrogen-bond acceptors (Lipinski definition) is 5. The fourth-order valence-corrected chi connectivity index (χ4v) is 7.03. The summed E-state index contributed by atoms with van der Waals surface area (Å²) in [4.78, 5) is 20.6. The van der Waals surface area contributed by atoms with Gasteiger partial charge in [0.2, 0.25) is 0 Å². The predicted octanol–water partition coefficient (Wildman–Crippen LogP) is 7.64. The molecule has 0 bridgehead atoms. The quantitative estimate of drug-likeness (QED) is 0.232. The average Bonchev–Trinajstić information content (AvgIpc) is 3.35. The second-order valence-electron chi connectivity index (χ2n) is 10.1. The molecular formula is C31H32ClF2N3O2S. The van der Waals surface area contributed by atoms with E-state index in [1.165, 1.54) is 0 Å². The van der Waals surface area contributed by atoms with E-state index in [1.807, 2.05) is 36.2 Å². The number of methoxy groups -OCH3 is 1. The molecule has 1 saturated carbocycles. The van der Waals surface area contributed by atoms with E-state index in [-0.39, 0.29) is 38.5 Å². The molecule has 4 aromatic rings. The van der Waals surface area contributed by atoms with Crippen LogP contribution in [0.1, 0.15) is 53.5 Å². The summed E-state index contributed by atoms with van der Waals surface area (Å²) >= 11 is 7.47. The Labute approximate surface area is 242 Å². The van der Waals surface area contributed by atoms with Crippen LogP contribution in [0.2, 0.25) is 5.02 Å².